The van der Waals surface area contributed by atoms with E-state index in [2.05, 4.69) is 21.2 Å². The van der Waals surface area contributed by atoms with Gasteiger partial charge in [0.1, 0.15) is 11.9 Å². The van der Waals surface area contributed by atoms with E-state index in [1.807, 2.05) is 6.26 Å². The summed E-state index contributed by atoms with van der Waals surface area (Å²) in [6.07, 6.45) is 2.13. The van der Waals surface area contributed by atoms with Crippen molar-refractivity contribution in [3.05, 3.63) is 34.1 Å². The van der Waals surface area contributed by atoms with Crippen LogP contribution in [0.5, 0.6) is 0 Å². The van der Waals surface area contributed by atoms with Crippen LogP contribution in [0.4, 0.5) is 4.39 Å². The standard InChI is InChI=1S/C12H13BrFNO3S/c1-19-5-4-10(12(17)18)15-11(16)8-3-2-7(13)6-9(8)14/h2-3,6,10H,4-5H2,1H3,(H,15,16)(H,17,18). The number of aliphatic carboxylic acids is 1. The van der Waals surface area contributed by atoms with Crippen molar-refractivity contribution < 1.29 is 19.1 Å². The summed E-state index contributed by atoms with van der Waals surface area (Å²) in [6.45, 7) is 0. The van der Waals surface area contributed by atoms with Crippen LogP contribution in [0.2, 0.25) is 0 Å². The monoisotopic (exact) mass is 349 g/mol. The van der Waals surface area contributed by atoms with Crippen molar-refractivity contribution in [2.24, 2.45) is 0 Å². The van der Waals surface area contributed by atoms with Gasteiger partial charge < -0.3 is 10.4 Å². The Morgan fingerprint density at radius 3 is 2.74 bits per heavy atom. The van der Waals surface area contributed by atoms with Gasteiger partial charge in [0.15, 0.2) is 0 Å². The maximum atomic E-state index is 13.6. The largest absolute Gasteiger partial charge is 0.480 e. The van der Waals surface area contributed by atoms with Crippen molar-refractivity contribution in [3.63, 3.8) is 0 Å². The number of thioether (sulfide) groups is 1. The van der Waals surface area contributed by atoms with Crippen molar-refractivity contribution >= 4 is 39.6 Å². The highest BCUT2D eigenvalue weighted by atomic mass is 79.9. The average Bonchev–Trinajstić information content (AvgIpc) is 2.33. The number of hydrogen-bond donors (Lipinski definition) is 2. The average molecular weight is 350 g/mol. The first-order valence-corrected chi connectivity index (χ1v) is 7.62. The summed E-state index contributed by atoms with van der Waals surface area (Å²) in [5.41, 5.74) is -0.168. The van der Waals surface area contributed by atoms with Crippen LogP contribution in [-0.2, 0) is 4.79 Å². The second-order valence-corrected chi connectivity index (χ2v) is 5.67. The predicted octanol–water partition coefficient (Wildman–Crippen LogP) is 2.52. The third kappa shape index (κ3) is 4.83. The lowest BCUT2D eigenvalue weighted by atomic mass is 10.1. The molecule has 2 N–H and O–H groups in total. The molecule has 1 unspecified atom stereocenters. The molecule has 0 fully saturated rings. The second-order valence-electron chi connectivity index (χ2n) is 3.77. The fraction of sp³-hybridized carbons (Fsp3) is 0.333. The molecule has 1 amide bonds. The molecule has 0 aliphatic carbocycles. The third-order valence-corrected chi connectivity index (χ3v) is 3.53. The van der Waals surface area contributed by atoms with E-state index < -0.39 is 23.7 Å². The molecule has 19 heavy (non-hydrogen) atoms. The van der Waals surface area contributed by atoms with Gasteiger partial charge in [0.25, 0.3) is 5.91 Å². The molecule has 0 aliphatic heterocycles. The van der Waals surface area contributed by atoms with Gasteiger partial charge in [-0.25, -0.2) is 9.18 Å². The maximum absolute atomic E-state index is 13.6. The fourth-order valence-corrected chi connectivity index (χ4v) is 2.21. The molecule has 0 aromatic heterocycles. The summed E-state index contributed by atoms with van der Waals surface area (Å²) in [6, 6.07) is 2.98. The van der Waals surface area contributed by atoms with E-state index in [1.165, 1.54) is 23.9 Å². The number of carboxylic acids is 1. The lowest BCUT2D eigenvalue weighted by molar-refractivity contribution is -0.139. The number of halogens is 2. The zero-order valence-electron chi connectivity index (χ0n) is 10.2. The minimum Gasteiger partial charge on any atom is -0.480 e. The number of rotatable bonds is 6. The van der Waals surface area contributed by atoms with Crippen LogP contribution in [0, 0.1) is 5.82 Å². The van der Waals surface area contributed by atoms with E-state index in [0.717, 1.165) is 6.07 Å². The van der Waals surface area contributed by atoms with E-state index in [-0.39, 0.29) is 5.56 Å². The third-order valence-electron chi connectivity index (χ3n) is 2.39. The number of carbonyl (C=O) groups is 2. The molecule has 1 aromatic carbocycles. The van der Waals surface area contributed by atoms with E-state index in [4.69, 9.17) is 5.11 Å². The van der Waals surface area contributed by atoms with Crippen molar-refractivity contribution in [2.75, 3.05) is 12.0 Å². The lowest BCUT2D eigenvalue weighted by Crippen LogP contribution is -2.41. The topological polar surface area (TPSA) is 66.4 Å². The number of carboxylic acid groups (broad SMARTS) is 1. The Morgan fingerprint density at radius 1 is 1.53 bits per heavy atom. The van der Waals surface area contributed by atoms with Crippen LogP contribution in [0.3, 0.4) is 0 Å². The Bertz CT molecular complexity index is 484. The van der Waals surface area contributed by atoms with Gasteiger partial charge in [-0.2, -0.15) is 11.8 Å². The molecule has 104 valence electrons. The molecular formula is C12H13BrFNO3S. The zero-order chi connectivity index (χ0) is 14.4. The summed E-state index contributed by atoms with van der Waals surface area (Å²) in [4.78, 5) is 22.8. The van der Waals surface area contributed by atoms with Crippen LogP contribution in [0.1, 0.15) is 16.8 Å². The van der Waals surface area contributed by atoms with Crippen LogP contribution in [0.25, 0.3) is 0 Å². The molecule has 0 heterocycles. The van der Waals surface area contributed by atoms with Crippen LogP contribution < -0.4 is 5.32 Å². The highest BCUT2D eigenvalue weighted by molar-refractivity contribution is 9.10. The number of hydrogen-bond acceptors (Lipinski definition) is 3. The molecule has 7 heteroatoms. The van der Waals surface area contributed by atoms with Crippen LogP contribution in [-0.4, -0.2) is 35.0 Å². The molecule has 1 aromatic rings. The molecule has 1 atom stereocenters. The molecule has 1 rings (SSSR count). The number of amides is 1. The Hall–Kier alpha value is -1.08. The second kappa shape index (κ2) is 7.49. The van der Waals surface area contributed by atoms with Crippen molar-refractivity contribution in [3.8, 4) is 0 Å². The Balaban J connectivity index is 2.78. The van der Waals surface area contributed by atoms with Gasteiger partial charge in [-0.3, -0.25) is 4.79 Å². The highest BCUT2D eigenvalue weighted by Gasteiger charge is 2.21. The van der Waals surface area contributed by atoms with E-state index in [1.54, 1.807) is 0 Å². The first kappa shape index (κ1) is 16.0. The van der Waals surface area contributed by atoms with Crippen molar-refractivity contribution in [1.29, 1.82) is 0 Å². The summed E-state index contributed by atoms with van der Waals surface area (Å²) in [7, 11) is 0. The molecular weight excluding hydrogens is 337 g/mol. The van der Waals surface area contributed by atoms with Crippen molar-refractivity contribution in [1.82, 2.24) is 5.32 Å². The first-order chi connectivity index (χ1) is 8.95. The van der Waals surface area contributed by atoms with E-state index in [0.29, 0.717) is 16.6 Å². The minimum absolute atomic E-state index is 0.168. The molecule has 0 radical (unpaired) electrons. The van der Waals surface area contributed by atoms with Gasteiger partial charge in [-0.05, 0) is 36.6 Å². The van der Waals surface area contributed by atoms with Crippen molar-refractivity contribution in [2.45, 2.75) is 12.5 Å². The molecule has 4 nitrogen and oxygen atoms in total. The van der Waals surface area contributed by atoms with Gasteiger partial charge in [-0.1, -0.05) is 15.9 Å². The smallest absolute Gasteiger partial charge is 0.326 e. The number of carbonyl (C=O) groups excluding carboxylic acids is 1. The molecule has 0 aliphatic rings. The van der Waals surface area contributed by atoms with E-state index >= 15 is 0 Å². The minimum atomic E-state index is -1.13. The maximum Gasteiger partial charge on any atom is 0.326 e. The van der Waals surface area contributed by atoms with Gasteiger partial charge in [0.2, 0.25) is 0 Å². The van der Waals surface area contributed by atoms with Gasteiger partial charge in [0, 0.05) is 4.47 Å². The van der Waals surface area contributed by atoms with Crippen LogP contribution >= 0.6 is 27.7 Å². The highest BCUT2D eigenvalue weighted by Crippen LogP contribution is 2.15. The molecule has 0 saturated carbocycles. The Kier molecular flexibility index (Phi) is 6.30. The SMILES string of the molecule is CSCCC(NC(=O)c1ccc(Br)cc1F)C(=O)O. The van der Waals surface area contributed by atoms with Gasteiger partial charge in [0.05, 0.1) is 5.56 Å². The van der Waals surface area contributed by atoms with Gasteiger partial charge >= 0.3 is 5.97 Å². The lowest BCUT2D eigenvalue weighted by Gasteiger charge is -2.14. The normalized spacial score (nSPS) is 11.9. The molecule has 0 saturated heterocycles. The summed E-state index contributed by atoms with van der Waals surface area (Å²) < 4.78 is 14.1. The predicted molar refractivity (Wildman–Crippen MR) is 76.0 cm³/mol. The molecule has 0 bridgehead atoms. The summed E-state index contributed by atoms with van der Waals surface area (Å²) in [5, 5.41) is 11.3. The van der Waals surface area contributed by atoms with Gasteiger partial charge in [-0.15, -0.1) is 0 Å². The Labute approximate surface area is 122 Å². The first-order valence-electron chi connectivity index (χ1n) is 5.43. The summed E-state index contributed by atoms with van der Waals surface area (Å²) in [5.74, 6) is -1.95. The van der Waals surface area contributed by atoms with E-state index in [9.17, 15) is 14.0 Å². The zero-order valence-corrected chi connectivity index (χ0v) is 12.6. The summed E-state index contributed by atoms with van der Waals surface area (Å²) >= 11 is 4.57. The van der Waals surface area contributed by atoms with Crippen LogP contribution in [0.15, 0.2) is 22.7 Å². The molecule has 0 spiro atoms. The Morgan fingerprint density at radius 2 is 2.21 bits per heavy atom. The number of nitrogens with one attached hydrogen (secondary N) is 1. The quantitative estimate of drug-likeness (QED) is 0.828. The number of benzene rings is 1. The fourth-order valence-electron chi connectivity index (χ4n) is 1.40.